The quantitative estimate of drug-likeness (QED) is 0.599. The Bertz CT molecular complexity index is 883. The number of aromatic nitrogens is 2. The molecule has 0 amide bonds. The number of rotatable bonds is 6. The maximum absolute atomic E-state index is 6.30. The Morgan fingerprint density at radius 2 is 2.07 bits per heavy atom. The second-order valence-electron chi connectivity index (χ2n) is 6.53. The van der Waals surface area contributed by atoms with Crippen molar-refractivity contribution >= 4 is 11.6 Å². The number of ether oxygens (including phenoxy) is 3. The van der Waals surface area contributed by atoms with Crippen molar-refractivity contribution in [2.75, 3.05) is 6.61 Å². The minimum Gasteiger partial charge on any atom is -0.457 e. The molecule has 2 heterocycles. The molecule has 1 aliphatic rings. The molecule has 0 N–H and O–H groups in total. The summed E-state index contributed by atoms with van der Waals surface area (Å²) in [6.07, 6.45) is 6.41. The first kappa shape index (κ1) is 18.0. The fraction of sp³-hybridized carbons (Fsp3) is 0.286. The second-order valence-corrected chi connectivity index (χ2v) is 6.97. The fourth-order valence-electron chi connectivity index (χ4n) is 3.16. The summed E-state index contributed by atoms with van der Waals surface area (Å²) in [6.45, 7) is 3.22. The molecule has 1 aromatic heterocycles. The summed E-state index contributed by atoms with van der Waals surface area (Å²) in [5.41, 5.74) is 0.950. The number of benzene rings is 2. The van der Waals surface area contributed by atoms with Gasteiger partial charge in [-0.25, -0.2) is 4.98 Å². The van der Waals surface area contributed by atoms with Gasteiger partial charge in [0, 0.05) is 23.0 Å². The lowest BCUT2D eigenvalue weighted by Gasteiger charge is -2.29. The largest absolute Gasteiger partial charge is 0.457 e. The van der Waals surface area contributed by atoms with E-state index in [1.54, 1.807) is 18.6 Å². The van der Waals surface area contributed by atoms with E-state index in [-0.39, 0.29) is 6.10 Å². The summed E-state index contributed by atoms with van der Waals surface area (Å²) in [4.78, 5) is 4.12. The van der Waals surface area contributed by atoms with Crippen molar-refractivity contribution in [3.8, 4) is 11.5 Å². The Balaban J connectivity index is 1.57. The van der Waals surface area contributed by atoms with Gasteiger partial charge in [0.05, 0.1) is 25.6 Å². The molecule has 1 fully saturated rings. The van der Waals surface area contributed by atoms with Crippen molar-refractivity contribution in [3.05, 3.63) is 77.8 Å². The van der Waals surface area contributed by atoms with Crippen LogP contribution in [-0.2, 0) is 21.8 Å². The topological polar surface area (TPSA) is 45.5 Å². The molecule has 1 aliphatic heterocycles. The van der Waals surface area contributed by atoms with Crippen LogP contribution in [0.4, 0.5) is 0 Å². The van der Waals surface area contributed by atoms with Gasteiger partial charge in [0.15, 0.2) is 0 Å². The molecule has 0 bridgehead atoms. The molecular formula is C21H21ClN2O3. The zero-order valence-corrected chi connectivity index (χ0v) is 15.8. The molecule has 2 aromatic carbocycles. The van der Waals surface area contributed by atoms with Crippen LogP contribution in [0.15, 0.2) is 67.3 Å². The monoisotopic (exact) mass is 384 g/mol. The van der Waals surface area contributed by atoms with Crippen LogP contribution in [0.1, 0.15) is 18.9 Å². The lowest BCUT2D eigenvalue weighted by atomic mass is 10.1. The highest BCUT2D eigenvalue weighted by Crippen LogP contribution is 2.38. The summed E-state index contributed by atoms with van der Waals surface area (Å²) in [7, 11) is 0. The van der Waals surface area contributed by atoms with E-state index >= 15 is 0 Å². The molecule has 5 nitrogen and oxygen atoms in total. The van der Waals surface area contributed by atoms with Crippen LogP contribution in [-0.4, -0.2) is 22.3 Å². The third-order valence-corrected chi connectivity index (χ3v) is 4.83. The molecule has 0 aliphatic carbocycles. The standard InChI is InChI=1S/C21H21ClN2O3/c1-2-18-13-25-21(27-18,14-24-11-10-23-15-24)16-6-8-19(9-7-16)26-20-5-3-4-17(22)12-20/h3-12,15,18H,2,13-14H2,1H3. The molecule has 2 unspecified atom stereocenters. The molecule has 1 saturated heterocycles. The van der Waals surface area contributed by atoms with E-state index in [9.17, 15) is 0 Å². The van der Waals surface area contributed by atoms with E-state index in [1.807, 2.05) is 53.2 Å². The maximum Gasteiger partial charge on any atom is 0.213 e. The fourth-order valence-corrected chi connectivity index (χ4v) is 3.34. The van der Waals surface area contributed by atoms with Gasteiger partial charge < -0.3 is 18.8 Å². The third kappa shape index (κ3) is 4.00. The second kappa shape index (κ2) is 7.72. The van der Waals surface area contributed by atoms with Crippen LogP contribution in [0.2, 0.25) is 5.02 Å². The highest BCUT2D eigenvalue weighted by atomic mass is 35.5. The first-order valence-electron chi connectivity index (χ1n) is 8.98. The van der Waals surface area contributed by atoms with E-state index in [2.05, 4.69) is 11.9 Å². The van der Waals surface area contributed by atoms with Crippen molar-refractivity contribution < 1.29 is 14.2 Å². The molecule has 3 aromatic rings. The Morgan fingerprint density at radius 1 is 1.22 bits per heavy atom. The maximum atomic E-state index is 6.30. The van der Waals surface area contributed by atoms with Gasteiger partial charge >= 0.3 is 0 Å². The van der Waals surface area contributed by atoms with E-state index in [4.69, 9.17) is 25.8 Å². The predicted molar refractivity (Wildman–Crippen MR) is 103 cm³/mol. The number of halogens is 1. The zero-order valence-electron chi connectivity index (χ0n) is 15.0. The van der Waals surface area contributed by atoms with Crippen molar-refractivity contribution in [1.29, 1.82) is 0 Å². The van der Waals surface area contributed by atoms with Crippen LogP contribution < -0.4 is 4.74 Å². The summed E-state index contributed by atoms with van der Waals surface area (Å²) >= 11 is 6.02. The molecule has 0 saturated carbocycles. The zero-order chi connectivity index (χ0) is 18.7. The summed E-state index contributed by atoms with van der Waals surface area (Å²) in [6, 6.07) is 15.1. The highest BCUT2D eigenvalue weighted by Gasteiger charge is 2.43. The lowest BCUT2D eigenvalue weighted by molar-refractivity contribution is -0.187. The van der Waals surface area contributed by atoms with Crippen molar-refractivity contribution in [1.82, 2.24) is 9.55 Å². The van der Waals surface area contributed by atoms with E-state index in [1.165, 1.54) is 0 Å². The summed E-state index contributed by atoms with van der Waals surface area (Å²) in [5, 5.41) is 0.641. The SMILES string of the molecule is CCC1COC(Cn2ccnc2)(c2ccc(Oc3cccc(Cl)c3)cc2)O1. The van der Waals surface area contributed by atoms with E-state index < -0.39 is 5.79 Å². The van der Waals surface area contributed by atoms with Gasteiger partial charge in [-0.05, 0) is 48.9 Å². The first-order valence-corrected chi connectivity index (χ1v) is 9.36. The highest BCUT2D eigenvalue weighted by molar-refractivity contribution is 6.30. The van der Waals surface area contributed by atoms with E-state index in [0.717, 1.165) is 17.7 Å². The predicted octanol–water partition coefficient (Wildman–Crippen LogP) is 5.01. The minimum atomic E-state index is -0.823. The van der Waals surface area contributed by atoms with Gasteiger partial charge in [-0.1, -0.05) is 24.6 Å². The van der Waals surface area contributed by atoms with Crippen LogP contribution in [0.25, 0.3) is 0 Å². The minimum absolute atomic E-state index is 0.0795. The number of imidazole rings is 1. The molecule has 4 rings (SSSR count). The third-order valence-electron chi connectivity index (χ3n) is 4.59. The van der Waals surface area contributed by atoms with Crippen LogP contribution in [0.5, 0.6) is 11.5 Å². The van der Waals surface area contributed by atoms with Gasteiger partial charge in [0.1, 0.15) is 11.5 Å². The molecule has 0 radical (unpaired) electrons. The van der Waals surface area contributed by atoms with Crippen LogP contribution in [0, 0.1) is 0 Å². The Labute approximate surface area is 163 Å². The normalized spacial score (nSPS) is 22.1. The molecule has 140 valence electrons. The van der Waals surface area contributed by atoms with Crippen molar-refractivity contribution in [2.24, 2.45) is 0 Å². The van der Waals surface area contributed by atoms with Gasteiger partial charge in [0.2, 0.25) is 5.79 Å². The molecule has 2 atom stereocenters. The number of nitrogens with zero attached hydrogens (tertiary/aromatic N) is 2. The van der Waals surface area contributed by atoms with Gasteiger partial charge in [-0.3, -0.25) is 0 Å². The summed E-state index contributed by atoms with van der Waals surface area (Å²) in [5.74, 6) is 0.599. The van der Waals surface area contributed by atoms with Gasteiger partial charge in [-0.15, -0.1) is 0 Å². The molecular weight excluding hydrogens is 364 g/mol. The average Bonchev–Trinajstić information content (AvgIpc) is 3.33. The van der Waals surface area contributed by atoms with E-state index in [0.29, 0.717) is 23.9 Å². The molecule has 6 heteroatoms. The van der Waals surface area contributed by atoms with Gasteiger partial charge in [0.25, 0.3) is 0 Å². The lowest BCUT2D eigenvalue weighted by Crippen LogP contribution is -2.33. The first-order chi connectivity index (χ1) is 13.2. The molecule has 27 heavy (non-hydrogen) atoms. The Kier molecular flexibility index (Phi) is 5.16. The Hall–Kier alpha value is -2.34. The Morgan fingerprint density at radius 3 is 2.74 bits per heavy atom. The smallest absolute Gasteiger partial charge is 0.213 e. The molecule has 0 spiro atoms. The van der Waals surface area contributed by atoms with Gasteiger partial charge in [-0.2, -0.15) is 0 Å². The number of hydrogen-bond donors (Lipinski definition) is 0. The summed E-state index contributed by atoms with van der Waals surface area (Å²) < 4.78 is 20.3. The number of hydrogen-bond acceptors (Lipinski definition) is 4. The van der Waals surface area contributed by atoms with Crippen LogP contribution in [0.3, 0.4) is 0 Å². The average molecular weight is 385 g/mol. The van der Waals surface area contributed by atoms with Crippen molar-refractivity contribution in [2.45, 2.75) is 31.8 Å². The van der Waals surface area contributed by atoms with Crippen molar-refractivity contribution in [3.63, 3.8) is 0 Å². The van der Waals surface area contributed by atoms with Crippen LogP contribution >= 0.6 is 11.6 Å².